The van der Waals surface area contributed by atoms with Crippen LogP contribution in [0, 0.1) is 5.92 Å². The van der Waals surface area contributed by atoms with Crippen LogP contribution in [-0.4, -0.2) is 12.4 Å². The maximum Gasteiger partial charge on any atom is 0.123 e. The van der Waals surface area contributed by atoms with Crippen molar-refractivity contribution in [1.29, 1.82) is 0 Å². The van der Waals surface area contributed by atoms with E-state index in [1.807, 2.05) is 36.9 Å². The van der Waals surface area contributed by atoms with Crippen molar-refractivity contribution in [3.63, 3.8) is 0 Å². The minimum atomic E-state index is 0.700. The zero-order valence-corrected chi connectivity index (χ0v) is 11.1. The van der Waals surface area contributed by atoms with E-state index in [-0.39, 0.29) is 0 Å². The van der Waals surface area contributed by atoms with E-state index in [0.29, 0.717) is 6.61 Å². The monoisotopic (exact) mass is 239 g/mol. The van der Waals surface area contributed by atoms with E-state index in [9.17, 15) is 0 Å². The number of hydrogen-bond donors (Lipinski definition) is 1. The fourth-order valence-corrected chi connectivity index (χ4v) is 2.45. The molecule has 0 bridgehead atoms. The molecule has 0 amide bonds. The molecule has 0 unspecified atom stereocenters. The van der Waals surface area contributed by atoms with Gasteiger partial charge in [0.1, 0.15) is 5.75 Å². The van der Waals surface area contributed by atoms with E-state index in [0.717, 1.165) is 23.1 Å². The minimum Gasteiger partial charge on any atom is -0.494 e. The van der Waals surface area contributed by atoms with Gasteiger partial charge in [-0.05, 0) is 36.8 Å². The van der Waals surface area contributed by atoms with Gasteiger partial charge in [-0.1, -0.05) is 13.8 Å². The molecule has 0 aliphatic rings. The first-order valence-electron chi connectivity index (χ1n) is 5.72. The zero-order valence-electron chi connectivity index (χ0n) is 10.3. The second kappa shape index (κ2) is 6.69. The van der Waals surface area contributed by atoms with Crippen LogP contribution >= 0.6 is 11.8 Å². The average Bonchev–Trinajstić information content (AvgIpc) is 2.21. The van der Waals surface area contributed by atoms with Gasteiger partial charge >= 0.3 is 0 Å². The molecular weight excluding hydrogens is 218 g/mol. The van der Waals surface area contributed by atoms with Gasteiger partial charge in [0.2, 0.25) is 0 Å². The quantitative estimate of drug-likeness (QED) is 0.771. The predicted octanol–water partition coefficient (Wildman–Crippen LogP) is 3.56. The highest BCUT2D eigenvalue weighted by atomic mass is 32.2. The van der Waals surface area contributed by atoms with Crippen LogP contribution in [0.5, 0.6) is 5.75 Å². The van der Waals surface area contributed by atoms with Crippen LogP contribution in [0.15, 0.2) is 18.2 Å². The summed E-state index contributed by atoms with van der Waals surface area (Å²) in [5, 5.41) is 0. The number of nitrogen functional groups attached to an aromatic ring is 1. The summed E-state index contributed by atoms with van der Waals surface area (Å²) >= 11 is 1.93. The molecule has 0 radical (unpaired) electrons. The average molecular weight is 239 g/mol. The van der Waals surface area contributed by atoms with Crippen LogP contribution in [0.25, 0.3) is 0 Å². The number of anilines is 1. The van der Waals surface area contributed by atoms with Gasteiger partial charge in [0.25, 0.3) is 0 Å². The summed E-state index contributed by atoms with van der Waals surface area (Å²) in [5.41, 5.74) is 7.80. The molecule has 0 fully saturated rings. The molecule has 3 heteroatoms. The molecule has 0 aliphatic carbocycles. The molecule has 1 aromatic rings. The van der Waals surface area contributed by atoms with E-state index < -0.39 is 0 Å². The van der Waals surface area contributed by atoms with Gasteiger partial charge in [0.05, 0.1) is 6.61 Å². The van der Waals surface area contributed by atoms with Crippen molar-refractivity contribution in [2.45, 2.75) is 26.5 Å². The molecule has 1 rings (SSSR count). The summed E-state index contributed by atoms with van der Waals surface area (Å²) < 4.78 is 5.58. The molecule has 0 aliphatic heterocycles. The van der Waals surface area contributed by atoms with Crippen molar-refractivity contribution in [2.75, 3.05) is 18.1 Å². The minimum absolute atomic E-state index is 0.700. The third kappa shape index (κ3) is 4.35. The lowest BCUT2D eigenvalue weighted by atomic mass is 10.2. The molecule has 90 valence electrons. The summed E-state index contributed by atoms with van der Waals surface area (Å²) in [7, 11) is 0. The lowest BCUT2D eigenvalue weighted by Crippen LogP contribution is -1.98. The Labute approximate surface area is 103 Å². The van der Waals surface area contributed by atoms with E-state index in [1.165, 1.54) is 11.3 Å². The number of rotatable bonds is 6. The van der Waals surface area contributed by atoms with Crippen molar-refractivity contribution in [2.24, 2.45) is 5.92 Å². The summed E-state index contributed by atoms with van der Waals surface area (Å²) in [6.45, 7) is 7.17. The topological polar surface area (TPSA) is 35.2 Å². The number of ether oxygens (including phenoxy) is 1. The second-order valence-electron chi connectivity index (χ2n) is 4.21. The Morgan fingerprint density at radius 3 is 2.75 bits per heavy atom. The van der Waals surface area contributed by atoms with Gasteiger partial charge in [-0.25, -0.2) is 0 Å². The van der Waals surface area contributed by atoms with Crippen LogP contribution in [0.3, 0.4) is 0 Å². The highest BCUT2D eigenvalue weighted by molar-refractivity contribution is 7.98. The third-order valence-corrected chi connectivity index (χ3v) is 3.51. The zero-order chi connectivity index (χ0) is 12.0. The molecule has 0 heterocycles. The van der Waals surface area contributed by atoms with Crippen LogP contribution in [0.4, 0.5) is 5.69 Å². The maximum absolute atomic E-state index is 5.79. The Kier molecular flexibility index (Phi) is 5.53. The Bertz CT molecular complexity index is 326. The second-order valence-corrected chi connectivity index (χ2v) is 5.24. The van der Waals surface area contributed by atoms with E-state index >= 15 is 0 Å². The SMILES string of the molecule is CCOc1ccc(N)cc1CSCC(C)C. The normalized spacial score (nSPS) is 10.8. The number of hydrogen-bond acceptors (Lipinski definition) is 3. The van der Waals surface area contributed by atoms with E-state index in [2.05, 4.69) is 13.8 Å². The van der Waals surface area contributed by atoms with Crippen LogP contribution in [0.1, 0.15) is 26.3 Å². The molecule has 0 spiro atoms. The molecule has 0 atom stereocenters. The van der Waals surface area contributed by atoms with Gasteiger partial charge in [-0.2, -0.15) is 11.8 Å². The first kappa shape index (κ1) is 13.2. The summed E-state index contributed by atoms with van der Waals surface area (Å²) in [6.07, 6.45) is 0. The fourth-order valence-electron chi connectivity index (χ4n) is 1.41. The highest BCUT2D eigenvalue weighted by Crippen LogP contribution is 2.26. The molecule has 2 N–H and O–H groups in total. The molecule has 16 heavy (non-hydrogen) atoms. The summed E-state index contributed by atoms with van der Waals surface area (Å²) in [4.78, 5) is 0. The fraction of sp³-hybridized carbons (Fsp3) is 0.538. The van der Waals surface area contributed by atoms with Gasteiger partial charge < -0.3 is 10.5 Å². The molecule has 1 aromatic carbocycles. The van der Waals surface area contributed by atoms with Crippen LogP contribution in [0.2, 0.25) is 0 Å². The van der Waals surface area contributed by atoms with Crippen molar-refractivity contribution in [3.8, 4) is 5.75 Å². The third-order valence-electron chi connectivity index (χ3n) is 2.09. The Morgan fingerprint density at radius 2 is 2.12 bits per heavy atom. The van der Waals surface area contributed by atoms with Crippen molar-refractivity contribution < 1.29 is 4.74 Å². The van der Waals surface area contributed by atoms with E-state index in [4.69, 9.17) is 10.5 Å². The van der Waals surface area contributed by atoms with Gasteiger partial charge in [0, 0.05) is 17.0 Å². The molecule has 0 saturated heterocycles. The molecule has 2 nitrogen and oxygen atoms in total. The first-order valence-corrected chi connectivity index (χ1v) is 6.88. The Balaban J connectivity index is 2.64. The van der Waals surface area contributed by atoms with Gasteiger partial charge in [0.15, 0.2) is 0 Å². The van der Waals surface area contributed by atoms with Gasteiger partial charge in [-0.3, -0.25) is 0 Å². The van der Waals surface area contributed by atoms with Crippen molar-refractivity contribution in [3.05, 3.63) is 23.8 Å². The summed E-state index contributed by atoms with van der Waals surface area (Å²) in [6, 6.07) is 5.87. The molecule has 0 aromatic heterocycles. The Morgan fingerprint density at radius 1 is 1.38 bits per heavy atom. The maximum atomic E-state index is 5.79. The van der Waals surface area contributed by atoms with Crippen LogP contribution in [-0.2, 0) is 5.75 Å². The number of nitrogens with two attached hydrogens (primary N) is 1. The largest absolute Gasteiger partial charge is 0.494 e. The number of thioether (sulfide) groups is 1. The molecular formula is C13H21NOS. The van der Waals surface area contributed by atoms with E-state index in [1.54, 1.807) is 0 Å². The highest BCUT2D eigenvalue weighted by Gasteiger charge is 2.04. The smallest absolute Gasteiger partial charge is 0.123 e. The first-order chi connectivity index (χ1) is 7.63. The Hall–Kier alpha value is -0.830. The lowest BCUT2D eigenvalue weighted by molar-refractivity contribution is 0.337. The van der Waals surface area contributed by atoms with Gasteiger partial charge in [-0.15, -0.1) is 0 Å². The van der Waals surface area contributed by atoms with Crippen molar-refractivity contribution >= 4 is 17.4 Å². The number of benzene rings is 1. The lowest BCUT2D eigenvalue weighted by Gasteiger charge is -2.11. The van der Waals surface area contributed by atoms with Crippen molar-refractivity contribution in [1.82, 2.24) is 0 Å². The van der Waals surface area contributed by atoms with Crippen LogP contribution < -0.4 is 10.5 Å². The summed E-state index contributed by atoms with van der Waals surface area (Å²) in [5.74, 6) is 3.83. The molecule has 0 saturated carbocycles. The standard InChI is InChI=1S/C13H21NOS/c1-4-15-13-6-5-12(14)7-11(13)9-16-8-10(2)3/h5-7,10H,4,8-9,14H2,1-3H3. The predicted molar refractivity (Wildman–Crippen MR) is 73.0 cm³/mol.